The molecule has 0 saturated heterocycles. The molecule has 0 aliphatic heterocycles. The number of ether oxygens (including phenoxy) is 2. The summed E-state index contributed by atoms with van der Waals surface area (Å²) in [5, 5.41) is 15.6. The number of carboxylic acid groups (broad SMARTS) is 1. The highest BCUT2D eigenvalue weighted by Gasteiger charge is 2.06. The van der Waals surface area contributed by atoms with Crippen LogP contribution in [0.2, 0.25) is 0 Å². The van der Waals surface area contributed by atoms with Gasteiger partial charge in [-0.25, -0.2) is 0 Å². The predicted octanol–water partition coefficient (Wildman–Crippen LogP) is 12.2. The first-order valence-electron chi connectivity index (χ1n) is 19.8. The van der Waals surface area contributed by atoms with E-state index < -0.39 is 5.97 Å². The topological polar surface area (TPSA) is 222 Å². The zero-order valence-electron chi connectivity index (χ0n) is 35.7. The predicted molar refractivity (Wildman–Crippen MR) is 292 cm³/mol. The van der Waals surface area contributed by atoms with Crippen LogP contribution in [0.1, 0.15) is 249 Å². The number of carbonyl (C=O) groups excluding carboxylic acids is 6. The molecule has 0 saturated carbocycles. The Bertz CT molecular complexity index is 872. The normalized spacial score (nSPS) is 9.80. The lowest BCUT2D eigenvalue weighted by molar-refractivity contribution is -0.378. The average Bonchev–Trinajstić information content (AvgIpc) is 3.11. The molecule has 0 aromatic heterocycles. The minimum absolute atomic E-state index is 0. The van der Waals surface area contributed by atoms with Gasteiger partial charge in [-0.1, -0.05) is 164 Å². The molecule has 412 valence electrons. The van der Waals surface area contributed by atoms with Gasteiger partial charge in [0.2, 0.25) is 11.8 Å². The van der Waals surface area contributed by atoms with Crippen molar-refractivity contribution >= 4 is 35.5 Å². The second kappa shape index (κ2) is 87.8. The Labute approximate surface area is 411 Å². The van der Waals surface area contributed by atoms with E-state index in [9.17, 15) is 33.9 Å². The van der Waals surface area contributed by atoms with Crippen LogP contribution < -0.4 is 27.2 Å². The first-order valence-corrected chi connectivity index (χ1v) is 19.8. The molecule has 4 atom stereocenters. The fourth-order valence-electron chi connectivity index (χ4n) is 3.16. The fourth-order valence-corrected chi connectivity index (χ4v) is 3.16. The van der Waals surface area contributed by atoms with Gasteiger partial charge >= 0.3 is 11.9 Å². The van der Waals surface area contributed by atoms with Crippen LogP contribution in [0.15, 0.2) is 0 Å². The first-order chi connectivity index (χ1) is 24.9. The van der Waals surface area contributed by atoms with Crippen LogP contribution in [0.3, 0.4) is 0 Å². The molecule has 0 aromatic carbocycles. The van der Waals surface area contributed by atoms with E-state index in [1.807, 2.05) is 0 Å². The van der Waals surface area contributed by atoms with Crippen molar-refractivity contribution in [3.63, 3.8) is 0 Å². The number of hydrogen-bond acceptors (Lipinski definition) is 10. The SMILES string of the molecule is C.C.C.C.C.C.C.C.C.C.C.C.CC(=O)OCCCCCC(=O)[O-].CCC(C)CN.CCC(C)CNC(=O)CC(C)=O.CCC(C)CNC(=O)CCCCCOC(C)=O.CCC(C)C[NH3+]. The van der Waals surface area contributed by atoms with Crippen molar-refractivity contribution in [2.45, 2.75) is 249 Å². The maximum Gasteiger partial charge on any atom is 0.302 e. The number of amides is 2. The Morgan fingerprint density at radius 3 is 1.06 bits per heavy atom. The number of hydrogen-bond donors (Lipinski definition) is 4. The van der Waals surface area contributed by atoms with Crippen LogP contribution in [0, 0.1) is 23.7 Å². The average molecular weight is 956 g/mol. The van der Waals surface area contributed by atoms with E-state index in [2.05, 4.69) is 76.5 Å². The number of aliphatic carboxylic acids is 1. The third-order valence-electron chi connectivity index (χ3n) is 8.07. The molecule has 0 radical (unpaired) electrons. The van der Waals surface area contributed by atoms with Crippen molar-refractivity contribution in [3.05, 3.63) is 0 Å². The Morgan fingerprint density at radius 1 is 0.508 bits per heavy atom. The van der Waals surface area contributed by atoms with Gasteiger partial charge in [0.05, 0.1) is 26.2 Å². The molecular formula is C52H130N4O9. The van der Waals surface area contributed by atoms with Gasteiger partial charge < -0.3 is 41.5 Å². The maximum absolute atomic E-state index is 11.4. The Morgan fingerprint density at radius 2 is 0.831 bits per heavy atom. The third kappa shape index (κ3) is 126. The number of unbranched alkanes of at least 4 members (excludes halogenated alkanes) is 4. The molecule has 4 unspecified atom stereocenters. The van der Waals surface area contributed by atoms with E-state index in [1.165, 1.54) is 33.6 Å². The summed E-state index contributed by atoms with van der Waals surface area (Å²) in [5.41, 5.74) is 9.04. The number of nitrogens with one attached hydrogen (secondary N) is 2. The summed E-state index contributed by atoms with van der Waals surface area (Å²) < 4.78 is 9.45. The highest BCUT2D eigenvalue weighted by Crippen LogP contribution is 2.02. The van der Waals surface area contributed by atoms with Crippen LogP contribution in [0.5, 0.6) is 0 Å². The van der Waals surface area contributed by atoms with Crippen molar-refractivity contribution in [2.75, 3.05) is 39.4 Å². The number of Topliss-reactive ketones (excluding diaryl/α,β-unsaturated/α-hetero) is 1. The van der Waals surface area contributed by atoms with Crippen LogP contribution >= 0.6 is 0 Å². The standard InChI is InChI=1S/C13H25NO3.C9H17NO2.C8H14O4.2C5H13N.12CH4/c1-4-11(2)10-14-13(16)8-6-5-7-9-17-12(3)15;1-4-7(2)6-10-9(12)5-8(3)11;1-7(9)12-6-4-2-3-5-8(10)11;2*1-3-5(2)4-6;;;;;;;;;;;;/h11H,4-10H2,1-3H3,(H,14,16);7H,4-6H2,1-3H3,(H,10,12);2-6H2,1H3,(H,10,11);2*5H,3-4,6H2,1-2H3;12*1H4. The number of rotatable bonds is 24. The van der Waals surface area contributed by atoms with E-state index in [-0.39, 0.29) is 131 Å². The van der Waals surface area contributed by atoms with E-state index >= 15 is 0 Å². The molecule has 0 spiro atoms. The molecule has 0 bridgehead atoms. The zero-order chi connectivity index (χ0) is 42.0. The maximum atomic E-state index is 11.4. The van der Waals surface area contributed by atoms with E-state index in [0.29, 0.717) is 56.8 Å². The van der Waals surface area contributed by atoms with Gasteiger partial charge in [0.1, 0.15) is 5.78 Å². The van der Waals surface area contributed by atoms with Gasteiger partial charge in [-0.05, 0) is 82.6 Å². The number of quaternary nitrogens is 1. The van der Waals surface area contributed by atoms with E-state index in [0.717, 1.165) is 64.1 Å². The highest BCUT2D eigenvalue weighted by molar-refractivity contribution is 5.96. The van der Waals surface area contributed by atoms with Gasteiger partial charge in [-0.3, -0.25) is 24.0 Å². The molecular weight excluding hydrogens is 825 g/mol. The summed E-state index contributed by atoms with van der Waals surface area (Å²) in [6, 6.07) is 0. The second-order valence-electron chi connectivity index (χ2n) is 13.7. The van der Waals surface area contributed by atoms with Crippen molar-refractivity contribution in [1.29, 1.82) is 0 Å². The van der Waals surface area contributed by atoms with Gasteiger partial charge in [-0.15, -0.1) is 0 Å². The summed E-state index contributed by atoms with van der Waals surface area (Å²) in [7, 11) is 0. The lowest BCUT2D eigenvalue weighted by atomic mass is 10.1. The number of carbonyl (C=O) groups is 6. The van der Waals surface area contributed by atoms with Crippen molar-refractivity contribution in [3.8, 4) is 0 Å². The summed E-state index contributed by atoms with van der Waals surface area (Å²) in [4.78, 5) is 63.5. The van der Waals surface area contributed by atoms with Gasteiger partial charge in [0.15, 0.2) is 0 Å². The number of ketones is 1. The third-order valence-corrected chi connectivity index (χ3v) is 8.07. The minimum atomic E-state index is -1.03. The molecule has 0 aromatic rings. The van der Waals surface area contributed by atoms with Crippen LogP contribution in [-0.4, -0.2) is 74.9 Å². The molecule has 65 heavy (non-hydrogen) atoms. The Hall–Kier alpha value is -3.06. The lowest BCUT2D eigenvalue weighted by Gasteiger charge is -2.09. The highest BCUT2D eigenvalue weighted by atomic mass is 16.5. The Kier molecular flexibility index (Phi) is 154. The summed E-state index contributed by atoms with van der Waals surface area (Å²) in [6.45, 7) is 25.4. The monoisotopic (exact) mass is 955 g/mol. The van der Waals surface area contributed by atoms with Crippen molar-refractivity contribution in [1.82, 2.24) is 10.6 Å². The largest absolute Gasteiger partial charge is 0.550 e. The zero-order valence-corrected chi connectivity index (χ0v) is 35.7. The quantitative estimate of drug-likeness (QED) is 0.0407. The molecule has 0 aliphatic rings. The number of carboxylic acids is 1. The number of nitrogens with two attached hydrogens (primary N) is 1. The molecule has 0 fully saturated rings. The first kappa shape index (κ1) is 114. The molecule has 13 nitrogen and oxygen atoms in total. The fraction of sp³-hybridized carbons (Fsp3) is 0.885. The molecule has 7 N–H and O–H groups in total. The summed E-state index contributed by atoms with van der Waals surface area (Å²) in [5.74, 6) is 0.879. The molecule has 0 aliphatic carbocycles. The van der Waals surface area contributed by atoms with Gasteiger partial charge in [-0.2, -0.15) is 0 Å². The van der Waals surface area contributed by atoms with Crippen LogP contribution in [0.25, 0.3) is 0 Å². The molecule has 0 heterocycles. The molecule has 2 amide bonds. The van der Waals surface area contributed by atoms with Crippen molar-refractivity contribution < 1.29 is 49.1 Å². The second-order valence-corrected chi connectivity index (χ2v) is 13.7. The van der Waals surface area contributed by atoms with Crippen molar-refractivity contribution in [2.24, 2.45) is 29.4 Å². The van der Waals surface area contributed by atoms with Gasteiger partial charge in [0, 0.05) is 45.2 Å². The van der Waals surface area contributed by atoms with Gasteiger partial charge in [0.25, 0.3) is 0 Å². The summed E-state index contributed by atoms with van der Waals surface area (Å²) >= 11 is 0. The molecule has 13 heteroatoms. The van der Waals surface area contributed by atoms with E-state index in [4.69, 9.17) is 10.5 Å². The Balaban J connectivity index is -0.0000000294. The van der Waals surface area contributed by atoms with Crippen LogP contribution in [-0.2, 0) is 38.2 Å². The van der Waals surface area contributed by atoms with E-state index in [1.54, 1.807) is 0 Å². The minimum Gasteiger partial charge on any atom is -0.550 e. The smallest absolute Gasteiger partial charge is 0.302 e. The summed E-state index contributed by atoms with van der Waals surface area (Å²) in [6.07, 6.45) is 9.92. The number of esters is 2. The van der Waals surface area contributed by atoms with Crippen LogP contribution in [0.4, 0.5) is 0 Å². The lowest BCUT2D eigenvalue weighted by Crippen LogP contribution is -2.52. The molecule has 0 rings (SSSR count).